The first-order valence-corrected chi connectivity index (χ1v) is 6.99. The highest BCUT2D eigenvalue weighted by atomic mass is 16.5. The van der Waals surface area contributed by atoms with Crippen LogP contribution in [0.15, 0.2) is 54.6 Å². The summed E-state index contributed by atoms with van der Waals surface area (Å²) < 4.78 is 5.17. The minimum atomic E-state index is -0.157. The number of nitrogens with zero attached hydrogens (tertiary/aromatic N) is 1. The second-order valence-electron chi connectivity index (χ2n) is 5.01. The van der Waals surface area contributed by atoms with E-state index < -0.39 is 0 Å². The summed E-state index contributed by atoms with van der Waals surface area (Å²) in [5.41, 5.74) is 2.95. The van der Waals surface area contributed by atoms with E-state index in [4.69, 9.17) is 4.74 Å². The lowest BCUT2D eigenvalue weighted by Gasteiger charge is -2.10. The third kappa shape index (κ3) is 2.76. The molecule has 1 heterocycles. The van der Waals surface area contributed by atoms with Crippen molar-refractivity contribution in [3.63, 3.8) is 0 Å². The summed E-state index contributed by atoms with van der Waals surface area (Å²) in [6.07, 6.45) is 0. The lowest BCUT2D eigenvalue weighted by Crippen LogP contribution is -2.13. The van der Waals surface area contributed by atoms with Crippen LogP contribution in [-0.4, -0.2) is 18.0 Å². The Hall–Kier alpha value is -2.88. The number of methoxy groups -OCH3 is 1. The van der Waals surface area contributed by atoms with E-state index in [1.165, 1.54) is 0 Å². The smallest absolute Gasteiger partial charge is 0.256 e. The highest BCUT2D eigenvalue weighted by Crippen LogP contribution is 2.21. The van der Waals surface area contributed by atoms with E-state index in [1.54, 1.807) is 19.2 Å². The first-order chi connectivity index (χ1) is 10.7. The average molecular weight is 292 g/mol. The molecule has 0 spiro atoms. The van der Waals surface area contributed by atoms with Gasteiger partial charge in [-0.2, -0.15) is 0 Å². The van der Waals surface area contributed by atoms with Gasteiger partial charge in [0, 0.05) is 22.8 Å². The maximum Gasteiger partial charge on any atom is 0.256 e. The highest BCUT2D eigenvalue weighted by Gasteiger charge is 2.12. The van der Waals surface area contributed by atoms with Crippen molar-refractivity contribution < 1.29 is 9.53 Å². The van der Waals surface area contributed by atoms with Gasteiger partial charge in [-0.05, 0) is 31.2 Å². The zero-order valence-corrected chi connectivity index (χ0v) is 12.5. The molecule has 0 unspecified atom stereocenters. The van der Waals surface area contributed by atoms with Crippen molar-refractivity contribution in [2.24, 2.45) is 0 Å². The lowest BCUT2D eigenvalue weighted by atomic mass is 10.1. The van der Waals surface area contributed by atoms with Gasteiger partial charge in [-0.3, -0.25) is 9.78 Å². The Balaban J connectivity index is 1.98. The van der Waals surface area contributed by atoms with Gasteiger partial charge in [0.25, 0.3) is 5.91 Å². The third-order valence-corrected chi connectivity index (χ3v) is 3.42. The summed E-state index contributed by atoms with van der Waals surface area (Å²) in [5.74, 6) is 0.545. The predicted octanol–water partition coefficient (Wildman–Crippen LogP) is 3.80. The molecule has 0 saturated carbocycles. The SMILES string of the molecule is COc1cccc(NC(=O)c2cc(C)nc3ccccc23)c1. The van der Waals surface area contributed by atoms with Crippen LogP contribution in [0, 0.1) is 6.92 Å². The number of ether oxygens (including phenoxy) is 1. The molecule has 4 nitrogen and oxygen atoms in total. The van der Waals surface area contributed by atoms with Gasteiger partial charge in [-0.15, -0.1) is 0 Å². The maximum absolute atomic E-state index is 12.6. The molecule has 0 aliphatic rings. The van der Waals surface area contributed by atoms with Crippen LogP contribution in [0.2, 0.25) is 0 Å². The molecule has 0 aliphatic heterocycles. The fourth-order valence-corrected chi connectivity index (χ4v) is 2.39. The topological polar surface area (TPSA) is 51.2 Å². The van der Waals surface area contributed by atoms with Crippen molar-refractivity contribution in [1.82, 2.24) is 4.98 Å². The number of hydrogen-bond acceptors (Lipinski definition) is 3. The lowest BCUT2D eigenvalue weighted by molar-refractivity contribution is 0.102. The van der Waals surface area contributed by atoms with Crippen LogP contribution < -0.4 is 10.1 Å². The van der Waals surface area contributed by atoms with Crippen molar-refractivity contribution in [3.8, 4) is 5.75 Å². The molecule has 1 N–H and O–H groups in total. The molecule has 1 aromatic heterocycles. The monoisotopic (exact) mass is 292 g/mol. The molecule has 3 aromatic rings. The molecule has 0 fully saturated rings. The van der Waals surface area contributed by atoms with Crippen LogP contribution in [0.25, 0.3) is 10.9 Å². The van der Waals surface area contributed by atoms with E-state index in [-0.39, 0.29) is 5.91 Å². The molecular formula is C18H16N2O2. The molecule has 0 aliphatic carbocycles. The number of hydrogen-bond donors (Lipinski definition) is 1. The number of carbonyl (C=O) groups excluding carboxylic acids is 1. The molecule has 4 heteroatoms. The first-order valence-electron chi connectivity index (χ1n) is 6.99. The first kappa shape index (κ1) is 14.1. The fraction of sp³-hybridized carbons (Fsp3) is 0.111. The molecule has 3 rings (SSSR count). The predicted molar refractivity (Wildman–Crippen MR) is 87.4 cm³/mol. The Morgan fingerprint density at radius 1 is 1.09 bits per heavy atom. The molecule has 0 radical (unpaired) electrons. The number of aryl methyl sites for hydroxylation is 1. The van der Waals surface area contributed by atoms with Crippen LogP contribution in [0.5, 0.6) is 5.75 Å². The Kier molecular flexibility index (Phi) is 3.74. The molecule has 0 bridgehead atoms. The van der Waals surface area contributed by atoms with E-state index in [0.717, 1.165) is 16.6 Å². The van der Waals surface area contributed by atoms with Gasteiger partial charge in [0.15, 0.2) is 0 Å². The summed E-state index contributed by atoms with van der Waals surface area (Å²) in [6, 6.07) is 16.7. The molecule has 22 heavy (non-hydrogen) atoms. The number of anilines is 1. The Bertz CT molecular complexity index is 843. The number of rotatable bonds is 3. The summed E-state index contributed by atoms with van der Waals surface area (Å²) >= 11 is 0. The number of benzene rings is 2. The minimum Gasteiger partial charge on any atom is -0.497 e. The van der Waals surface area contributed by atoms with Gasteiger partial charge in [0.1, 0.15) is 5.75 Å². The zero-order chi connectivity index (χ0) is 15.5. The summed E-state index contributed by atoms with van der Waals surface area (Å²) in [5, 5.41) is 3.75. The Morgan fingerprint density at radius 3 is 2.73 bits per heavy atom. The summed E-state index contributed by atoms with van der Waals surface area (Å²) in [4.78, 5) is 17.1. The summed E-state index contributed by atoms with van der Waals surface area (Å²) in [6.45, 7) is 1.88. The van der Waals surface area contributed by atoms with Crippen molar-refractivity contribution >= 4 is 22.5 Å². The molecule has 110 valence electrons. The Labute approximate surface area is 128 Å². The minimum absolute atomic E-state index is 0.157. The number of amides is 1. The Morgan fingerprint density at radius 2 is 1.91 bits per heavy atom. The second kappa shape index (κ2) is 5.85. The third-order valence-electron chi connectivity index (χ3n) is 3.42. The molecule has 0 atom stereocenters. The maximum atomic E-state index is 12.6. The average Bonchev–Trinajstić information content (AvgIpc) is 2.54. The second-order valence-corrected chi connectivity index (χ2v) is 5.01. The van der Waals surface area contributed by atoms with Crippen LogP contribution in [0.3, 0.4) is 0 Å². The van der Waals surface area contributed by atoms with Crippen LogP contribution in [0.4, 0.5) is 5.69 Å². The molecule has 0 saturated heterocycles. The van der Waals surface area contributed by atoms with Gasteiger partial charge >= 0.3 is 0 Å². The van der Waals surface area contributed by atoms with E-state index in [2.05, 4.69) is 10.3 Å². The molecule has 1 amide bonds. The number of nitrogens with one attached hydrogen (secondary N) is 1. The molecule has 2 aromatic carbocycles. The van der Waals surface area contributed by atoms with E-state index >= 15 is 0 Å². The van der Waals surface area contributed by atoms with Crippen LogP contribution in [-0.2, 0) is 0 Å². The van der Waals surface area contributed by atoms with Crippen molar-refractivity contribution in [3.05, 3.63) is 65.9 Å². The van der Waals surface area contributed by atoms with E-state index in [0.29, 0.717) is 17.0 Å². The molecular weight excluding hydrogens is 276 g/mol. The normalized spacial score (nSPS) is 10.5. The van der Waals surface area contributed by atoms with Gasteiger partial charge in [0.05, 0.1) is 18.2 Å². The van der Waals surface area contributed by atoms with Crippen LogP contribution >= 0.6 is 0 Å². The quantitative estimate of drug-likeness (QED) is 0.798. The number of pyridine rings is 1. The number of fused-ring (bicyclic) bond motifs is 1. The summed E-state index contributed by atoms with van der Waals surface area (Å²) in [7, 11) is 1.60. The van der Waals surface area contributed by atoms with Gasteiger partial charge in [-0.1, -0.05) is 24.3 Å². The zero-order valence-electron chi connectivity index (χ0n) is 12.5. The van der Waals surface area contributed by atoms with Gasteiger partial charge in [0.2, 0.25) is 0 Å². The number of aromatic nitrogens is 1. The van der Waals surface area contributed by atoms with Gasteiger partial charge < -0.3 is 10.1 Å². The standard InChI is InChI=1S/C18H16N2O2/c1-12-10-16(15-8-3-4-9-17(15)19-12)18(21)20-13-6-5-7-14(11-13)22-2/h3-11H,1-2H3,(H,20,21). The largest absolute Gasteiger partial charge is 0.497 e. The number of carbonyl (C=O) groups is 1. The highest BCUT2D eigenvalue weighted by molar-refractivity contribution is 6.12. The van der Waals surface area contributed by atoms with Gasteiger partial charge in [-0.25, -0.2) is 0 Å². The van der Waals surface area contributed by atoms with E-state index in [9.17, 15) is 4.79 Å². The van der Waals surface area contributed by atoms with Crippen molar-refractivity contribution in [2.45, 2.75) is 6.92 Å². The van der Waals surface area contributed by atoms with Crippen LogP contribution in [0.1, 0.15) is 16.1 Å². The fourth-order valence-electron chi connectivity index (χ4n) is 2.39. The van der Waals surface area contributed by atoms with Crippen molar-refractivity contribution in [2.75, 3.05) is 12.4 Å². The van der Waals surface area contributed by atoms with E-state index in [1.807, 2.05) is 49.4 Å². The van der Waals surface area contributed by atoms with Crippen molar-refractivity contribution in [1.29, 1.82) is 0 Å². The number of para-hydroxylation sites is 1.